The molecular formula is C13H18O4. The molecule has 1 heterocycles. The van der Waals surface area contributed by atoms with Crippen LogP contribution in [0.15, 0.2) is 24.3 Å². The number of phenols is 1. The topological polar surface area (TPSA) is 58.9 Å². The molecule has 0 bridgehead atoms. The molecule has 4 nitrogen and oxygen atoms in total. The van der Waals surface area contributed by atoms with E-state index in [1.807, 2.05) is 6.07 Å². The Kier molecular flexibility index (Phi) is 4.36. The van der Waals surface area contributed by atoms with Gasteiger partial charge in [0.25, 0.3) is 0 Å². The van der Waals surface area contributed by atoms with E-state index in [2.05, 4.69) is 0 Å². The number of hydrogen-bond acceptors (Lipinski definition) is 4. The van der Waals surface area contributed by atoms with Crippen LogP contribution in [0.4, 0.5) is 0 Å². The monoisotopic (exact) mass is 238 g/mol. The fourth-order valence-corrected chi connectivity index (χ4v) is 2.02. The third-order valence-corrected chi connectivity index (χ3v) is 2.97. The van der Waals surface area contributed by atoms with Crippen molar-refractivity contribution in [2.75, 3.05) is 19.8 Å². The van der Waals surface area contributed by atoms with Gasteiger partial charge in [0.15, 0.2) is 0 Å². The minimum Gasteiger partial charge on any atom is -0.508 e. The summed E-state index contributed by atoms with van der Waals surface area (Å²) in [4.78, 5) is 0. The molecule has 0 amide bonds. The van der Waals surface area contributed by atoms with Gasteiger partial charge < -0.3 is 19.7 Å². The predicted octanol–water partition coefficient (Wildman–Crippen LogP) is 1.62. The highest BCUT2D eigenvalue weighted by Crippen LogP contribution is 2.28. The lowest BCUT2D eigenvalue weighted by atomic mass is 10.1. The second-order valence-electron chi connectivity index (χ2n) is 4.18. The van der Waals surface area contributed by atoms with E-state index in [1.165, 1.54) is 0 Å². The Labute approximate surface area is 101 Å². The van der Waals surface area contributed by atoms with Crippen molar-refractivity contribution in [3.63, 3.8) is 0 Å². The average molecular weight is 238 g/mol. The largest absolute Gasteiger partial charge is 0.508 e. The maximum absolute atomic E-state index is 9.73. The smallest absolute Gasteiger partial charge is 0.121 e. The molecule has 1 fully saturated rings. The number of benzene rings is 1. The fourth-order valence-electron chi connectivity index (χ4n) is 2.02. The summed E-state index contributed by atoms with van der Waals surface area (Å²) >= 11 is 0. The Hall–Kier alpha value is -1.10. The molecule has 4 heteroatoms. The van der Waals surface area contributed by atoms with Gasteiger partial charge in [-0.15, -0.1) is 0 Å². The van der Waals surface area contributed by atoms with Crippen LogP contribution in [0.1, 0.15) is 24.5 Å². The summed E-state index contributed by atoms with van der Waals surface area (Å²) in [5, 5.41) is 19.1. The number of aliphatic hydroxyl groups excluding tert-OH is 1. The zero-order valence-corrected chi connectivity index (χ0v) is 9.71. The van der Waals surface area contributed by atoms with Gasteiger partial charge in [0.1, 0.15) is 11.9 Å². The Morgan fingerprint density at radius 3 is 2.65 bits per heavy atom. The highest BCUT2D eigenvalue weighted by molar-refractivity contribution is 5.33. The Morgan fingerprint density at radius 2 is 2.00 bits per heavy atom. The molecule has 0 spiro atoms. The van der Waals surface area contributed by atoms with E-state index in [9.17, 15) is 10.2 Å². The lowest BCUT2D eigenvalue weighted by molar-refractivity contribution is -0.0853. The van der Waals surface area contributed by atoms with Gasteiger partial charge >= 0.3 is 0 Å². The Bertz CT molecular complexity index is 347. The average Bonchev–Trinajstić information content (AvgIpc) is 2.38. The molecule has 0 unspecified atom stereocenters. The Morgan fingerprint density at radius 1 is 1.29 bits per heavy atom. The quantitative estimate of drug-likeness (QED) is 0.837. The molecule has 0 radical (unpaired) electrons. The van der Waals surface area contributed by atoms with Crippen molar-refractivity contribution >= 4 is 0 Å². The number of rotatable bonds is 4. The second-order valence-corrected chi connectivity index (χ2v) is 4.18. The summed E-state index contributed by atoms with van der Waals surface area (Å²) in [6.45, 7) is 1.27. The van der Waals surface area contributed by atoms with E-state index < -0.39 is 6.10 Å². The minimum atomic E-state index is -0.459. The standard InChI is InChI=1S/C13H18O4/c14-9-13(11-3-1-2-4-12(11)15)17-10-5-7-16-8-6-10/h1-4,10,13-15H,5-9H2/t13-/m0/s1. The summed E-state index contributed by atoms with van der Waals surface area (Å²) < 4.78 is 11.1. The van der Waals surface area contributed by atoms with Crippen molar-refractivity contribution in [2.45, 2.75) is 25.0 Å². The number of aliphatic hydroxyl groups is 1. The molecule has 1 aromatic rings. The normalized spacial score (nSPS) is 19.1. The number of phenolic OH excluding ortho intramolecular Hbond substituents is 1. The Balaban J connectivity index is 2.03. The number of para-hydroxylation sites is 1. The van der Waals surface area contributed by atoms with Crippen LogP contribution in [0.3, 0.4) is 0 Å². The van der Waals surface area contributed by atoms with Crippen molar-refractivity contribution in [1.29, 1.82) is 0 Å². The predicted molar refractivity (Wildman–Crippen MR) is 62.9 cm³/mol. The first-order valence-corrected chi connectivity index (χ1v) is 5.93. The lowest BCUT2D eigenvalue weighted by Gasteiger charge is -2.27. The highest BCUT2D eigenvalue weighted by atomic mass is 16.5. The van der Waals surface area contributed by atoms with Crippen LogP contribution in [0.5, 0.6) is 5.75 Å². The van der Waals surface area contributed by atoms with Gasteiger partial charge in [0, 0.05) is 18.8 Å². The van der Waals surface area contributed by atoms with Gasteiger partial charge in [-0.05, 0) is 18.9 Å². The van der Waals surface area contributed by atoms with Gasteiger partial charge in [-0.25, -0.2) is 0 Å². The third kappa shape index (κ3) is 3.19. The van der Waals surface area contributed by atoms with Crippen LogP contribution < -0.4 is 0 Å². The molecule has 0 aliphatic carbocycles. The van der Waals surface area contributed by atoms with Gasteiger partial charge in [0.05, 0.1) is 12.7 Å². The van der Waals surface area contributed by atoms with Crippen molar-refractivity contribution < 1.29 is 19.7 Å². The fraction of sp³-hybridized carbons (Fsp3) is 0.538. The number of ether oxygens (including phenoxy) is 2. The third-order valence-electron chi connectivity index (χ3n) is 2.97. The maximum atomic E-state index is 9.73. The molecule has 1 aromatic carbocycles. The second kappa shape index (κ2) is 6.00. The molecule has 94 valence electrons. The molecule has 2 rings (SSSR count). The molecule has 1 atom stereocenters. The van der Waals surface area contributed by atoms with Gasteiger partial charge in [-0.2, -0.15) is 0 Å². The van der Waals surface area contributed by atoms with E-state index in [0.29, 0.717) is 18.8 Å². The molecule has 1 aliphatic rings. The maximum Gasteiger partial charge on any atom is 0.121 e. The van der Waals surface area contributed by atoms with Crippen LogP contribution in [0.2, 0.25) is 0 Å². The molecule has 1 saturated heterocycles. The van der Waals surface area contributed by atoms with Gasteiger partial charge in [0.2, 0.25) is 0 Å². The molecular weight excluding hydrogens is 220 g/mol. The molecule has 17 heavy (non-hydrogen) atoms. The zero-order chi connectivity index (χ0) is 12.1. The highest BCUT2D eigenvalue weighted by Gasteiger charge is 2.21. The molecule has 0 saturated carbocycles. The van der Waals surface area contributed by atoms with Crippen molar-refractivity contribution in [3.8, 4) is 5.75 Å². The number of aromatic hydroxyl groups is 1. The number of hydrogen-bond donors (Lipinski definition) is 2. The summed E-state index contributed by atoms with van der Waals surface area (Å²) in [6.07, 6.45) is 1.31. The molecule has 0 aromatic heterocycles. The summed E-state index contributed by atoms with van der Waals surface area (Å²) in [5.41, 5.74) is 0.640. The van der Waals surface area contributed by atoms with E-state index in [0.717, 1.165) is 12.8 Å². The first kappa shape index (κ1) is 12.4. The lowest BCUT2D eigenvalue weighted by Crippen LogP contribution is -2.26. The van der Waals surface area contributed by atoms with Crippen LogP contribution in [-0.4, -0.2) is 36.1 Å². The van der Waals surface area contributed by atoms with Gasteiger partial charge in [-0.3, -0.25) is 0 Å². The van der Waals surface area contributed by atoms with Crippen LogP contribution in [-0.2, 0) is 9.47 Å². The van der Waals surface area contributed by atoms with E-state index in [1.54, 1.807) is 18.2 Å². The van der Waals surface area contributed by atoms with Crippen LogP contribution in [0.25, 0.3) is 0 Å². The summed E-state index contributed by atoms with van der Waals surface area (Å²) in [5.74, 6) is 0.165. The zero-order valence-electron chi connectivity index (χ0n) is 9.71. The summed E-state index contributed by atoms with van der Waals surface area (Å²) in [6, 6.07) is 6.95. The van der Waals surface area contributed by atoms with Gasteiger partial charge in [-0.1, -0.05) is 18.2 Å². The molecule has 1 aliphatic heterocycles. The van der Waals surface area contributed by atoms with Crippen molar-refractivity contribution in [2.24, 2.45) is 0 Å². The molecule has 2 N–H and O–H groups in total. The van der Waals surface area contributed by atoms with Crippen LogP contribution in [0, 0.1) is 0 Å². The van der Waals surface area contributed by atoms with Crippen LogP contribution >= 0.6 is 0 Å². The van der Waals surface area contributed by atoms with E-state index in [-0.39, 0.29) is 18.5 Å². The van der Waals surface area contributed by atoms with E-state index in [4.69, 9.17) is 9.47 Å². The SMILES string of the molecule is OC[C@H](OC1CCOCC1)c1ccccc1O. The minimum absolute atomic E-state index is 0.0977. The van der Waals surface area contributed by atoms with Crippen molar-refractivity contribution in [3.05, 3.63) is 29.8 Å². The first-order valence-electron chi connectivity index (χ1n) is 5.93. The van der Waals surface area contributed by atoms with E-state index >= 15 is 0 Å². The summed E-state index contributed by atoms with van der Waals surface area (Å²) in [7, 11) is 0. The first-order chi connectivity index (χ1) is 8.31. The van der Waals surface area contributed by atoms with Crippen molar-refractivity contribution in [1.82, 2.24) is 0 Å².